The van der Waals surface area contributed by atoms with Crippen LogP contribution in [0.3, 0.4) is 0 Å². The first kappa shape index (κ1) is 22.6. The molecule has 1 aliphatic heterocycles. The van der Waals surface area contributed by atoms with Gasteiger partial charge < -0.3 is 25.0 Å². The van der Waals surface area contributed by atoms with Gasteiger partial charge in [-0.05, 0) is 36.6 Å². The van der Waals surface area contributed by atoms with E-state index in [0.29, 0.717) is 32.3 Å². The summed E-state index contributed by atoms with van der Waals surface area (Å²) in [5.74, 6) is 1.38. The first-order valence-electron chi connectivity index (χ1n) is 10.8. The lowest BCUT2D eigenvalue weighted by atomic mass is 10.00. The molecule has 0 aliphatic carbocycles. The number of methoxy groups -OCH3 is 1. The second-order valence-electron chi connectivity index (χ2n) is 7.38. The van der Waals surface area contributed by atoms with E-state index in [-0.39, 0.29) is 12.5 Å². The molecule has 3 rings (SSSR count). The Morgan fingerprint density at radius 3 is 2.77 bits per heavy atom. The van der Waals surface area contributed by atoms with Gasteiger partial charge in [0.05, 0.1) is 6.61 Å². The number of hydrogen-bond acceptors (Lipinski definition) is 4. The minimum absolute atomic E-state index is 0.0296. The second kappa shape index (κ2) is 12.0. The van der Waals surface area contributed by atoms with Crippen molar-refractivity contribution in [3.63, 3.8) is 0 Å². The van der Waals surface area contributed by atoms with E-state index < -0.39 is 0 Å². The van der Waals surface area contributed by atoms with Crippen LogP contribution < -0.4 is 15.4 Å². The highest BCUT2D eigenvalue weighted by molar-refractivity contribution is 5.95. The van der Waals surface area contributed by atoms with Crippen LogP contribution in [0, 0.1) is 0 Å². The van der Waals surface area contributed by atoms with Crippen LogP contribution >= 0.6 is 0 Å². The maximum absolute atomic E-state index is 12.7. The maximum atomic E-state index is 12.7. The number of benzene rings is 2. The van der Waals surface area contributed by atoms with E-state index in [0.717, 1.165) is 30.8 Å². The largest absolute Gasteiger partial charge is 0.493 e. The fourth-order valence-corrected chi connectivity index (χ4v) is 3.46. The molecule has 0 bridgehead atoms. The van der Waals surface area contributed by atoms with E-state index in [9.17, 15) is 4.79 Å². The number of fused-ring (bicyclic) bond motifs is 1. The number of nitrogens with zero attached hydrogens (tertiary/aromatic N) is 2. The highest BCUT2D eigenvalue weighted by Crippen LogP contribution is 2.19. The smallest absolute Gasteiger partial charge is 0.244 e. The van der Waals surface area contributed by atoms with Gasteiger partial charge in [-0.2, -0.15) is 0 Å². The number of guanidine groups is 1. The number of carbonyl (C=O) groups is 1. The molecule has 0 unspecified atom stereocenters. The number of rotatable bonds is 9. The van der Waals surface area contributed by atoms with Crippen LogP contribution in [-0.2, 0) is 22.5 Å². The molecule has 1 aliphatic rings. The first-order chi connectivity index (χ1) is 15.2. The molecule has 0 fully saturated rings. The quantitative estimate of drug-likeness (QED) is 0.368. The van der Waals surface area contributed by atoms with Crippen LogP contribution in [-0.4, -0.2) is 56.7 Å². The normalized spacial score (nSPS) is 13.5. The molecule has 1 amide bonds. The molecule has 166 valence electrons. The average molecular weight is 425 g/mol. The minimum atomic E-state index is 0.0296. The summed E-state index contributed by atoms with van der Waals surface area (Å²) in [7, 11) is 1.68. The Morgan fingerprint density at radius 1 is 1.13 bits per heavy atom. The summed E-state index contributed by atoms with van der Waals surface area (Å²) in [5, 5.41) is 6.45. The van der Waals surface area contributed by atoms with Crippen LogP contribution in [0.4, 0.5) is 5.69 Å². The summed E-state index contributed by atoms with van der Waals surface area (Å²) < 4.78 is 10.8. The Morgan fingerprint density at radius 2 is 1.97 bits per heavy atom. The molecule has 7 nitrogen and oxygen atoms in total. The molecule has 31 heavy (non-hydrogen) atoms. The summed E-state index contributed by atoms with van der Waals surface area (Å²) in [6.45, 7) is 5.45. The van der Waals surface area contributed by atoms with E-state index in [4.69, 9.17) is 9.47 Å². The van der Waals surface area contributed by atoms with Gasteiger partial charge >= 0.3 is 0 Å². The summed E-state index contributed by atoms with van der Waals surface area (Å²) in [5.41, 5.74) is 3.40. The average Bonchev–Trinajstić information content (AvgIpc) is 2.80. The van der Waals surface area contributed by atoms with Gasteiger partial charge in [-0.25, -0.2) is 4.99 Å². The van der Waals surface area contributed by atoms with E-state index >= 15 is 0 Å². The second-order valence-corrected chi connectivity index (χ2v) is 7.38. The number of aliphatic imine (C=N–C) groups is 1. The fraction of sp³-hybridized carbons (Fsp3) is 0.417. The molecule has 2 aromatic carbocycles. The van der Waals surface area contributed by atoms with Gasteiger partial charge in [0, 0.05) is 51.5 Å². The van der Waals surface area contributed by atoms with Crippen LogP contribution in [0.2, 0.25) is 0 Å². The highest BCUT2D eigenvalue weighted by atomic mass is 16.5. The van der Waals surface area contributed by atoms with Crippen molar-refractivity contribution in [2.24, 2.45) is 4.99 Å². The number of anilines is 1. The van der Waals surface area contributed by atoms with Crippen LogP contribution in [0.1, 0.15) is 24.5 Å². The Hall–Kier alpha value is -3.06. The fourth-order valence-electron chi connectivity index (χ4n) is 3.46. The third-order valence-electron chi connectivity index (χ3n) is 5.06. The molecule has 0 saturated heterocycles. The van der Waals surface area contributed by atoms with Crippen LogP contribution in [0.25, 0.3) is 0 Å². The van der Waals surface area contributed by atoms with Crippen molar-refractivity contribution in [2.45, 2.75) is 26.3 Å². The van der Waals surface area contributed by atoms with Gasteiger partial charge in [-0.1, -0.05) is 30.3 Å². The van der Waals surface area contributed by atoms with E-state index in [1.807, 2.05) is 42.2 Å². The van der Waals surface area contributed by atoms with Gasteiger partial charge in [0.2, 0.25) is 5.91 Å². The number of ether oxygens (including phenoxy) is 2. The maximum Gasteiger partial charge on any atom is 0.244 e. The van der Waals surface area contributed by atoms with E-state index in [1.165, 1.54) is 11.1 Å². The van der Waals surface area contributed by atoms with Crippen molar-refractivity contribution >= 4 is 17.6 Å². The monoisotopic (exact) mass is 424 g/mol. The number of hydrogen-bond donors (Lipinski definition) is 2. The van der Waals surface area contributed by atoms with Crippen molar-refractivity contribution in [1.82, 2.24) is 10.2 Å². The molecule has 0 saturated carbocycles. The van der Waals surface area contributed by atoms with Gasteiger partial charge in [0.15, 0.2) is 5.96 Å². The lowest BCUT2D eigenvalue weighted by Crippen LogP contribution is -2.38. The van der Waals surface area contributed by atoms with Gasteiger partial charge in [-0.3, -0.25) is 4.79 Å². The first-order valence-corrected chi connectivity index (χ1v) is 10.8. The van der Waals surface area contributed by atoms with Crippen LogP contribution in [0.15, 0.2) is 53.5 Å². The molecule has 2 N–H and O–H groups in total. The lowest BCUT2D eigenvalue weighted by molar-refractivity contribution is -0.130. The zero-order valence-electron chi connectivity index (χ0n) is 18.4. The molecule has 1 heterocycles. The summed E-state index contributed by atoms with van der Waals surface area (Å²) >= 11 is 0. The van der Waals surface area contributed by atoms with Crippen molar-refractivity contribution < 1.29 is 14.3 Å². The molecular formula is C24H32N4O3. The van der Waals surface area contributed by atoms with Crippen LogP contribution in [0.5, 0.6) is 5.75 Å². The number of carbonyl (C=O) groups excluding carboxylic acids is 1. The highest BCUT2D eigenvalue weighted by Gasteiger charge is 2.20. The summed E-state index contributed by atoms with van der Waals surface area (Å²) in [6, 6.07) is 16.0. The van der Waals surface area contributed by atoms with Crippen molar-refractivity contribution in [3.8, 4) is 5.75 Å². The molecule has 7 heteroatoms. The van der Waals surface area contributed by atoms with Crippen molar-refractivity contribution in [2.75, 3.05) is 45.3 Å². The Kier molecular flexibility index (Phi) is 8.72. The van der Waals surface area contributed by atoms with Gasteiger partial charge in [0.1, 0.15) is 12.3 Å². The Labute approximate surface area is 184 Å². The SMILES string of the molecule is CCNC(=NCC(=O)N1CCc2ccccc2C1)Nc1cccc(OCCCOC)c1. The zero-order valence-corrected chi connectivity index (χ0v) is 18.4. The topological polar surface area (TPSA) is 75.2 Å². The minimum Gasteiger partial charge on any atom is -0.493 e. The van der Waals surface area contributed by atoms with Crippen molar-refractivity contribution in [3.05, 3.63) is 59.7 Å². The summed E-state index contributed by atoms with van der Waals surface area (Å²) in [4.78, 5) is 19.1. The lowest BCUT2D eigenvalue weighted by Gasteiger charge is -2.28. The standard InChI is InChI=1S/C24H32N4O3/c1-3-25-24(27-21-10-6-11-22(16-21)31-15-7-14-30-2)26-17-23(29)28-13-12-19-8-4-5-9-20(19)18-28/h4-6,8-11,16H,3,7,12-15,17-18H2,1-2H3,(H2,25,26,27). The molecule has 0 radical (unpaired) electrons. The molecular weight excluding hydrogens is 392 g/mol. The Balaban J connectivity index is 1.57. The Bertz CT molecular complexity index is 885. The molecule has 2 aromatic rings. The molecule has 0 aromatic heterocycles. The third-order valence-corrected chi connectivity index (χ3v) is 5.06. The number of nitrogens with one attached hydrogen (secondary N) is 2. The molecule has 0 spiro atoms. The van der Waals surface area contributed by atoms with E-state index in [2.05, 4.69) is 33.8 Å². The number of amides is 1. The molecule has 0 atom stereocenters. The van der Waals surface area contributed by atoms with Gasteiger partial charge in [0.25, 0.3) is 0 Å². The zero-order chi connectivity index (χ0) is 21.9. The summed E-state index contributed by atoms with van der Waals surface area (Å²) in [6.07, 6.45) is 1.72. The van der Waals surface area contributed by atoms with E-state index in [1.54, 1.807) is 7.11 Å². The van der Waals surface area contributed by atoms with Gasteiger partial charge in [-0.15, -0.1) is 0 Å². The predicted octanol–water partition coefficient (Wildman–Crippen LogP) is 3.06. The third kappa shape index (κ3) is 7.00. The predicted molar refractivity (Wildman–Crippen MR) is 124 cm³/mol. The van der Waals surface area contributed by atoms with Crippen molar-refractivity contribution in [1.29, 1.82) is 0 Å².